The maximum Gasteiger partial charge on any atom is 0.125 e. The first-order chi connectivity index (χ1) is 10.2. The lowest BCUT2D eigenvalue weighted by atomic mass is 9.70. The second-order valence-electron chi connectivity index (χ2n) is 6.53. The monoisotopic (exact) mass is 289 g/mol. The Morgan fingerprint density at radius 2 is 2.24 bits per heavy atom. The summed E-state index contributed by atoms with van der Waals surface area (Å²) in [7, 11) is 1.72. The Kier molecular flexibility index (Phi) is 4.12. The van der Waals surface area contributed by atoms with Gasteiger partial charge in [0.1, 0.15) is 17.1 Å². The lowest BCUT2D eigenvalue weighted by Gasteiger charge is -2.48. The predicted octanol–water partition coefficient (Wildman–Crippen LogP) is 4.08. The largest absolute Gasteiger partial charge is 0.497 e. The SMILES string of the molecule is CCNC1CC2(CCCCC2C)Oc2ccc(OC)cc21. The third-order valence-electron chi connectivity index (χ3n) is 5.29. The molecule has 3 heteroatoms. The Bertz CT molecular complexity index is 502. The molecule has 116 valence electrons. The van der Waals surface area contributed by atoms with Crippen LogP contribution in [0.5, 0.6) is 11.5 Å². The lowest BCUT2D eigenvalue weighted by molar-refractivity contribution is -0.0442. The Hall–Kier alpha value is -1.22. The number of fused-ring (bicyclic) bond motifs is 1. The molecule has 1 aliphatic carbocycles. The topological polar surface area (TPSA) is 30.5 Å². The van der Waals surface area contributed by atoms with Crippen LogP contribution >= 0.6 is 0 Å². The molecule has 21 heavy (non-hydrogen) atoms. The molecule has 3 rings (SSSR count). The second kappa shape index (κ2) is 5.88. The number of nitrogens with one attached hydrogen (secondary N) is 1. The molecule has 1 N–H and O–H groups in total. The van der Waals surface area contributed by atoms with Crippen molar-refractivity contribution in [2.45, 2.75) is 57.6 Å². The Morgan fingerprint density at radius 1 is 1.38 bits per heavy atom. The van der Waals surface area contributed by atoms with E-state index in [0.717, 1.165) is 24.5 Å². The molecule has 3 atom stereocenters. The molecule has 0 bridgehead atoms. The van der Waals surface area contributed by atoms with Gasteiger partial charge in [0.05, 0.1) is 7.11 Å². The van der Waals surface area contributed by atoms with Crippen LogP contribution in [0.25, 0.3) is 0 Å². The van der Waals surface area contributed by atoms with E-state index in [1.54, 1.807) is 7.11 Å². The van der Waals surface area contributed by atoms with Gasteiger partial charge in [-0.2, -0.15) is 0 Å². The van der Waals surface area contributed by atoms with Gasteiger partial charge < -0.3 is 14.8 Å². The van der Waals surface area contributed by atoms with Crippen molar-refractivity contribution in [2.24, 2.45) is 5.92 Å². The van der Waals surface area contributed by atoms with Crippen LogP contribution in [-0.2, 0) is 0 Å². The maximum atomic E-state index is 6.55. The summed E-state index contributed by atoms with van der Waals surface area (Å²) < 4.78 is 11.9. The second-order valence-corrected chi connectivity index (χ2v) is 6.53. The summed E-state index contributed by atoms with van der Waals surface area (Å²) in [5, 5.41) is 3.65. The van der Waals surface area contributed by atoms with Crippen LogP contribution in [0.4, 0.5) is 0 Å². The third kappa shape index (κ3) is 2.64. The molecule has 0 radical (unpaired) electrons. The highest BCUT2D eigenvalue weighted by Crippen LogP contribution is 2.49. The van der Waals surface area contributed by atoms with Gasteiger partial charge in [-0.05, 0) is 49.9 Å². The molecule has 0 amide bonds. The highest BCUT2D eigenvalue weighted by molar-refractivity contribution is 5.44. The molecule has 1 spiro atoms. The fourth-order valence-corrected chi connectivity index (χ4v) is 4.00. The first-order valence-electron chi connectivity index (χ1n) is 8.29. The maximum absolute atomic E-state index is 6.55. The molecule has 0 saturated heterocycles. The molecule has 1 fully saturated rings. The van der Waals surface area contributed by atoms with E-state index < -0.39 is 0 Å². The molecular weight excluding hydrogens is 262 g/mol. The van der Waals surface area contributed by atoms with Gasteiger partial charge in [0.15, 0.2) is 0 Å². The van der Waals surface area contributed by atoms with E-state index in [4.69, 9.17) is 9.47 Å². The van der Waals surface area contributed by atoms with Gasteiger partial charge in [-0.25, -0.2) is 0 Å². The average molecular weight is 289 g/mol. The van der Waals surface area contributed by atoms with Crippen molar-refractivity contribution in [2.75, 3.05) is 13.7 Å². The fourth-order valence-electron chi connectivity index (χ4n) is 4.00. The number of rotatable bonds is 3. The first kappa shape index (κ1) is 14.7. The minimum Gasteiger partial charge on any atom is -0.497 e. The van der Waals surface area contributed by atoms with Gasteiger partial charge >= 0.3 is 0 Å². The summed E-state index contributed by atoms with van der Waals surface area (Å²) in [4.78, 5) is 0. The molecule has 1 aromatic carbocycles. The Balaban J connectivity index is 1.97. The Morgan fingerprint density at radius 3 is 2.95 bits per heavy atom. The van der Waals surface area contributed by atoms with Crippen LogP contribution in [0.2, 0.25) is 0 Å². The van der Waals surface area contributed by atoms with E-state index in [2.05, 4.69) is 31.3 Å². The van der Waals surface area contributed by atoms with E-state index >= 15 is 0 Å². The van der Waals surface area contributed by atoms with E-state index in [9.17, 15) is 0 Å². The van der Waals surface area contributed by atoms with Gasteiger partial charge in [-0.1, -0.05) is 20.3 Å². The summed E-state index contributed by atoms with van der Waals surface area (Å²) in [5.41, 5.74) is 1.27. The number of ether oxygens (including phenoxy) is 2. The van der Waals surface area contributed by atoms with Crippen molar-refractivity contribution in [3.8, 4) is 11.5 Å². The first-order valence-corrected chi connectivity index (χ1v) is 8.29. The van der Waals surface area contributed by atoms with Crippen LogP contribution in [0.3, 0.4) is 0 Å². The van der Waals surface area contributed by atoms with Crippen LogP contribution in [-0.4, -0.2) is 19.3 Å². The highest BCUT2D eigenvalue weighted by atomic mass is 16.5. The summed E-state index contributed by atoms with van der Waals surface area (Å²) in [5.74, 6) is 2.58. The van der Waals surface area contributed by atoms with Gasteiger partial charge in [-0.15, -0.1) is 0 Å². The molecule has 3 unspecified atom stereocenters. The normalized spacial score (nSPS) is 31.6. The van der Waals surface area contributed by atoms with Crippen molar-refractivity contribution in [1.82, 2.24) is 5.32 Å². The molecular formula is C18H27NO2. The minimum absolute atomic E-state index is 0.0205. The number of methoxy groups -OCH3 is 1. The third-order valence-corrected chi connectivity index (χ3v) is 5.29. The van der Waals surface area contributed by atoms with E-state index in [-0.39, 0.29) is 5.60 Å². The summed E-state index contributed by atoms with van der Waals surface area (Å²) >= 11 is 0. The Labute approximate surface area is 128 Å². The standard InChI is InChI=1S/C18H27NO2/c1-4-19-16-12-18(10-6-5-7-13(18)2)21-17-9-8-14(20-3)11-15(16)17/h8-9,11,13,16,19H,4-7,10,12H2,1-3H3. The molecule has 1 heterocycles. The van der Waals surface area contributed by atoms with E-state index in [1.807, 2.05) is 6.07 Å². The van der Waals surface area contributed by atoms with Crippen molar-refractivity contribution in [3.63, 3.8) is 0 Å². The van der Waals surface area contributed by atoms with Gasteiger partial charge in [-0.3, -0.25) is 0 Å². The smallest absolute Gasteiger partial charge is 0.125 e. The number of hydrogen-bond acceptors (Lipinski definition) is 3. The zero-order valence-corrected chi connectivity index (χ0v) is 13.4. The summed E-state index contributed by atoms with van der Waals surface area (Å²) in [6.45, 7) is 5.51. The van der Waals surface area contributed by atoms with Gasteiger partial charge in [0.2, 0.25) is 0 Å². The fraction of sp³-hybridized carbons (Fsp3) is 0.667. The zero-order valence-electron chi connectivity index (χ0n) is 13.4. The van der Waals surface area contributed by atoms with Crippen molar-refractivity contribution in [1.29, 1.82) is 0 Å². The van der Waals surface area contributed by atoms with E-state index in [0.29, 0.717) is 12.0 Å². The molecule has 1 saturated carbocycles. The van der Waals surface area contributed by atoms with Crippen LogP contribution in [0.1, 0.15) is 57.6 Å². The summed E-state index contributed by atoms with van der Waals surface area (Å²) in [6, 6.07) is 6.59. The van der Waals surface area contributed by atoms with Crippen LogP contribution in [0, 0.1) is 5.92 Å². The van der Waals surface area contributed by atoms with E-state index in [1.165, 1.54) is 31.2 Å². The average Bonchev–Trinajstić information content (AvgIpc) is 2.50. The zero-order chi connectivity index (χ0) is 14.9. The number of benzene rings is 1. The van der Waals surface area contributed by atoms with Crippen LogP contribution in [0.15, 0.2) is 18.2 Å². The highest BCUT2D eigenvalue weighted by Gasteiger charge is 2.45. The van der Waals surface area contributed by atoms with Crippen molar-refractivity contribution < 1.29 is 9.47 Å². The predicted molar refractivity (Wildman–Crippen MR) is 85.0 cm³/mol. The number of hydrogen-bond donors (Lipinski definition) is 1. The molecule has 1 aliphatic heterocycles. The molecule has 1 aromatic rings. The van der Waals surface area contributed by atoms with Crippen LogP contribution < -0.4 is 14.8 Å². The summed E-state index contributed by atoms with van der Waals surface area (Å²) in [6.07, 6.45) is 6.16. The van der Waals surface area contributed by atoms with Crippen molar-refractivity contribution >= 4 is 0 Å². The van der Waals surface area contributed by atoms with Gasteiger partial charge in [0.25, 0.3) is 0 Å². The lowest BCUT2D eigenvalue weighted by Crippen LogP contribution is -2.50. The minimum atomic E-state index is 0.0205. The molecule has 2 aliphatic rings. The van der Waals surface area contributed by atoms with Crippen molar-refractivity contribution in [3.05, 3.63) is 23.8 Å². The molecule has 3 nitrogen and oxygen atoms in total. The molecule has 0 aromatic heterocycles. The van der Waals surface area contributed by atoms with Gasteiger partial charge in [0, 0.05) is 18.0 Å². The quantitative estimate of drug-likeness (QED) is 0.909.